The highest BCUT2D eigenvalue weighted by atomic mass is 18.2. The van der Waals surface area contributed by atoms with Gasteiger partial charge in [0.25, 0.3) is 0 Å². The average molecular weight is 1010 g/mol. The number of ether oxygens (including phenoxy) is 1. The smallest absolute Gasteiger partial charge is 0.443 e. The molecule has 0 bridgehead atoms. The molecule has 9 rings (SSSR count). The Hall–Kier alpha value is -6.30. The van der Waals surface area contributed by atoms with Crippen LogP contribution in [-0.4, -0.2) is 62.2 Å². The Balaban J connectivity index is 0.000000216. The number of carbonyl (C=O) groups is 1. The lowest BCUT2D eigenvalue weighted by atomic mass is 9.77. The molecular weight excluding hydrogens is 932 g/mol. The normalized spacial score (nSPS) is 17.3. The van der Waals surface area contributed by atoms with Gasteiger partial charge in [-0.1, -0.05) is 86.6 Å². The second-order valence-corrected chi connectivity index (χ2v) is 24.1. The number of anilines is 5. The largest absolute Gasteiger partial charge is 0.494 e. The molecule has 396 valence electrons. The van der Waals surface area contributed by atoms with Gasteiger partial charge in [0.2, 0.25) is 0 Å². The van der Waals surface area contributed by atoms with E-state index in [4.69, 9.17) is 14.0 Å². The van der Waals surface area contributed by atoms with Gasteiger partial charge in [-0.3, -0.25) is 4.90 Å². The summed E-state index contributed by atoms with van der Waals surface area (Å²) in [6, 6.07) is 42.6. The SMILES string of the molecule is CC(C)Cc1ccc2c(c1)C(c1ccc(B3OC(C)(C)C(C)(C)O3)cc1)N(C)c1cc(N(C(=O)OC(C)(C)C)C(C)C)ccc1-2.CC(C)Nc1ccc2c(c1)C(c1ccc([18F])cc1)N(C)c1cc(NC(C)C)ccc1-2. The molecule has 3 aliphatic rings. The number of nitrogens with zero attached hydrogens (tertiary/aromatic N) is 3. The molecule has 1 saturated heterocycles. The minimum atomic E-state index is -0.584. The van der Waals surface area contributed by atoms with E-state index >= 15 is 0 Å². The lowest BCUT2D eigenvalue weighted by Gasteiger charge is -2.39. The number of hydrogen-bond acceptors (Lipinski definition) is 8. The van der Waals surface area contributed by atoms with Crippen LogP contribution in [0.4, 0.5) is 37.6 Å². The van der Waals surface area contributed by atoms with Crippen LogP contribution in [0.5, 0.6) is 0 Å². The van der Waals surface area contributed by atoms with Crippen LogP contribution in [0.25, 0.3) is 22.3 Å². The maximum Gasteiger partial charge on any atom is 0.494 e. The molecule has 1 amide bonds. The third-order valence-corrected chi connectivity index (χ3v) is 14.8. The molecule has 0 spiro atoms. The van der Waals surface area contributed by atoms with Gasteiger partial charge in [0.15, 0.2) is 0 Å². The van der Waals surface area contributed by atoms with Crippen molar-refractivity contribution in [2.45, 2.75) is 157 Å². The van der Waals surface area contributed by atoms with Crippen LogP contribution in [0.1, 0.15) is 144 Å². The van der Waals surface area contributed by atoms with Crippen LogP contribution in [0.2, 0.25) is 0 Å². The molecule has 0 saturated carbocycles. The molecule has 0 radical (unpaired) electrons. The van der Waals surface area contributed by atoms with Gasteiger partial charge < -0.3 is 34.5 Å². The van der Waals surface area contributed by atoms with Crippen LogP contribution in [0, 0.1) is 11.7 Å². The highest BCUT2D eigenvalue weighted by Gasteiger charge is 2.51. The van der Waals surface area contributed by atoms with Gasteiger partial charge in [0.1, 0.15) is 11.4 Å². The molecule has 75 heavy (non-hydrogen) atoms. The van der Waals surface area contributed by atoms with Crippen molar-refractivity contribution in [3.8, 4) is 22.3 Å². The standard InChI is InChI=1S/C38H51BN2O4.C26H30FN3/c1-24(2)21-26-13-19-30-31-20-18-29(41(25(3)4)35(42)43-36(5,6)7)23-33(31)40(12)34(32(30)22-26)27-14-16-28(17-15-27)39-44-37(8,9)38(10,11)45-39;1-16(2)28-20-10-12-22-23-13-11-21(29-17(3)4)15-25(23)30(5)26(24(22)14-20)18-6-8-19(27)9-7-18/h13-20,22-25,34H,21H2,1-12H3;6-17,26,28-29H,1-5H3/i;27-1. The van der Waals surface area contributed by atoms with Crippen LogP contribution in [0.15, 0.2) is 121 Å². The first-order valence-electron chi connectivity index (χ1n) is 27.0. The zero-order chi connectivity index (χ0) is 54.5. The summed E-state index contributed by atoms with van der Waals surface area (Å²) in [4.78, 5) is 19.7. The molecule has 0 aliphatic carbocycles. The number of fused-ring (bicyclic) bond motifs is 6. The molecule has 1 fully saturated rings. The fourth-order valence-corrected chi connectivity index (χ4v) is 10.7. The predicted octanol–water partition coefficient (Wildman–Crippen LogP) is 15.2. The van der Waals surface area contributed by atoms with Crippen LogP contribution in [-0.2, 0) is 20.5 Å². The molecular formula is C64H81BFN5O4. The number of amides is 1. The molecule has 3 heterocycles. The Labute approximate surface area is 448 Å². The van der Waals surface area contributed by atoms with Crippen molar-refractivity contribution < 1.29 is 23.2 Å². The number of nitrogens with one attached hydrogen (secondary N) is 2. The monoisotopic (exact) mass is 1010 g/mol. The zero-order valence-corrected chi connectivity index (χ0v) is 47.6. The first kappa shape index (κ1) is 55.0. The molecule has 2 atom stereocenters. The Bertz CT molecular complexity index is 2980. The Morgan fingerprint density at radius 2 is 1.11 bits per heavy atom. The quantitative estimate of drug-likeness (QED) is 0.124. The van der Waals surface area contributed by atoms with Gasteiger partial charge in [-0.2, -0.15) is 0 Å². The lowest BCUT2D eigenvalue weighted by molar-refractivity contribution is 0.00578. The summed E-state index contributed by atoms with van der Waals surface area (Å²) in [5.74, 6) is 0.350. The third kappa shape index (κ3) is 11.8. The summed E-state index contributed by atoms with van der Waals surface area (Å²) in [6.07, 6.45) is 0.680. The van der Waals surface area contributed by atoms with Crippen molar-refractivity contribution in [3.63, 3.8) is 0 Å². The molecule has 6 aromatic carbocycles. The first-order chi connectivity index (χ1) is 35.2. The van der Waals surface area contributed by atoms with E-state index < -0.39 is 23.9 Å². The average Bonchev–Trinajstić information content (AvgIpc) is 3.54. The summed E-state index contributed by atoms with van der Waals surface area (Å²) < 4.78 is 32.1. The van der Waals surface area contributed by atoms with E-state index in [2.05, 4.69) is 195 Å². The van der Waals surface area contributed by atoms with Crippen molar-refractivity contribution in [2.24, 2.45) is 5.92 Å². The molecule has 2 unspecified atom stereocenters. The van der Waals surface area contributed by atoms with E-state index in [1.807, 2.05) is 52.8 Å². The summed E-state index contributed by atoms with van der Waals surface area (Å²) in [7, 11) is 3.87. The third-order valence-electron chi connectivity index (χ3n) is 14.8. The first-order valence-corrected chi connectivity index (χ1v) is 27.0. The van der Waals surface area contributed by atoms with Crippen molar-refractivity contribution in [1.29, 1.82) is 0 Å². The van der Waals surface area contributed by atoms with Gasteiger partial charge >= 0.3 is 13.2 Å². The van der Waals surface area contributed by atoms with Gasteiger partial charge in [-0.25, -0.2) is 9.18 Å². The van der Waals surface area contributed by atoms with E-state index in [1.54, 1.807) is 17.0 Å². The topological polar surface area (TPSA) is 78.5 Å². The van der Waals surface area contributed by atoms with Crippen LogP contribution in [0.3, 0.4) is 0 Å². The minimum absolute atomic E-state index is 0.0105. The highest BCUT2D eigenvalue weighted by molar-refractivity contribution is 6.62. The van der Waals surface area contributed by atoms with Crippen LogP contribution < -0.4 is 30.8 Å². The zero-order valence-electron chi connectivity index (χ0n) is 47.6. The summed E-state index contributed by atoms with van der Waals surface area (Å²) in [6.45, 7) is 31.2. The van der Waals surface area contributed by atoms with E-state index in [0.717, 1.165) is 45.8 Å². The maximum absolute atomic E-state index is 13.6. The fraction of sp³-hybridized carbons (Fsp3) is 0.422. The fourth-order valence-electron chi connectivity index (χ4n) is 10.7. The van der Waals surface area contributed by atoms with E-state index in [0.29, 0.717) is 18.0 Å². The Morgan fingerprint density at radius 3 is 1.61 bits per heavy atom. The Kier molecular flexibility index (Phi) is 15.7. The molecule has 2 N–H and O–H groups in total. The maximum atomic E-state index is 13.6. The number of halogens is 1. The highest BCUT2D eigenvalue weighted by Crippen LogP contribution is 2.50. The second-order valence-electron chi connectivity index (χ2n) is 24.1. The summed E-state index contributed by atoms with van der Waals surface area (Å²) in [5.41, 5.74) is 15.9. The number of benzene rings is 6. The predicted molar refractivity (Wildman–Crippen MR) is 313 cm³/mol. The van der Waals surface area contributed by atoms with Gasteiger partial charge in [0, 0.05) is 71.8 Å². The van der Waals surface area contributed by atoms with Gasteiger partial charge in [-0.15, -0.1) is 0 Å². The van der Waals surface area contributed by atoms with E-state index in [9.17, 15) is 9.18 Å². The number of rotatable bonds is 11. The van der Waals surface area contributed by atoms with Crippen molar-refractivity contribution in [2.75, 3.05) is 39.4 Å². The van der Waals surface area contributed by atoms with E-state index in [-0.39, 0.29) is 30.0 Å². The molecule has 6 aromatic rings. The summed E-state index contributed by atoms with van der Waals surface area (Å²) >= 11 is 0. The number of hydrogen-bond donors (Lipinski definition) is 2. The molecule has 11 heteroatoms. The van der Waals surface area contributed by atoms with Crippen molar-refractivity contribution >= 4 is 47.1 Å². The Morgan fingerprint density at radius 1 is 0.640 bits per heavy atom. The molecule has 3 aliphatic heterocycles. The van der Waals surface area contributed by atoms with Crippen molar-refractivity contribution in [3.05, 3.63) is 155 Å². The van der Waals surface area contributed by atoms with Crippen molar-refractivity contribution in [1.82, 2.24) is 0 Å². The lowest BCUT2D eigenvalue weighted by Crippen LogP contribution is -2.41. The summed E-state index contributed by atoms with van der Waals surface area (Å²) in [5, 5.41) is 7.02. The second kappa shape index (κ2) is 21.4. The van der Waals surface area contributed by atoms with Gasteiger partial charge in [0.05, 0.1) is 23.3 Å². The van der Waals surface area contributed by atoms with Gasteiger partial charge in [-0.05, 0) is 195 Å². The minimum Gasteiger partial charge on any atom is -0.443 e. The molecule has 9 nitrogen and oxygen atoms in total. The molecule has 0 aromatic heterocycles. The van der Waals surface area contributed by atoms with Crippen LogP contribution >= 0.6 is 0 Å². The van der Waals surface area contributed by atoms with E-state index in [1.165, 1.54) is 44.6 Å². The number of carbonyl (C=O) groups excluding carboxylic acids is 1.